The Morgan fingerprint density at radius 3 is 2.67 bits per heavy atom. The van der Waals surface area contributed by atoms with Crippen LogP contribution in [0.5, 0.6) is 0 Å². The maximum absolute atomic E-state index is 13.4. The van der Waals surface area contributed by atoms with E-state index in [0.717, 1.165) is 44.6 Å². The lowest BCUT2D eigenvalue weighted by Crippen LogP contribution is -2.34. The first-order valence-corrected chi connectivity index (χ1v) is 6.38. The van der Waals surface area contributed by atoms with Gasteiger partial charge in [-0.2, -0.15) is 5.26 Å². The molecule has 1 aliphatic rings. The van der Waals surface area contributed by atoms with Gasteiger partial charge in [-0.3, -0.25) is 0 Å². The Morgan fingerprint density at radius 2 is 2.06 bits per heavy atom. The van der Waals surface area contributed by atoms with Crippen LogP contribution in [0.4, 0.5) is 10.1 Å². The zero-order chi connectivity index (χ0) is 13.0. The summed E-state index contributed by atoms with van der Waals surface area (Å²) in [7, 11) is 0. The van der Waals surface area contributed by atoms with Crippen LogP contribution in [0.3, 0.4) is 0 Å². The maximum Gasteiger partial charge on any atom is 0.126 e. The minimum Gasteiger partial charge on any atom is -0.371 e. The van der Waals surface area contributed by atoms with Gasteiger partial charge in [0.25, 0.3) is 0 Å². The van der Waals surface area contributed by atoms with Crippen molar-refractivity contribution in [3.8, 4) is 6.07 Å². The summed E-state index contributed by atoms with van der Waals surface area (Å²) in [5.74, 6) is 0.350. The van der Waals surface area contributed by atoms with Crippen LogP contribution in [0.1, 0.15) is 24.8 Å². The van der Waals surface area contributed by atoms with E-state index in [2.05, 4.69) is 4.90 Å². The second kappa shape index (κ2) is 5.83. The molecule has 0 spiro atoms. The quantitative estimate of drug-likeness (QED) is 0.891. The number of nitrogens with two attached hydrogens (primary N) is 1. The average Bonchev–Trinajstić information content (AvgIpc) is 2.39. The molecule has 1 fully saturated rings. The summed E-state index contributed by atoms with van der Waals surface area (Å²) in [4.78, 5) is 2.15. The van der Waals surface area contributed by atoms with Crippen molar-refractivity contribution in [3.05, 3.63) is 29.6 Å². The molecule has 0 saturated carbocycles. The summed E-state index contributed by atoms with van der Waals surface area (Å²) in [6.07, 6.45) is 3.26. The van der Waals surface area contributed by atoms with Crippen molar-refractivity contribution < 1.29 is 4.39 Å². The highest BCUT2D eigenvalue weighted by Gasteiger charge is 2.19. The van der Waals surface area contributed by atoms with E-state index in [4.69, 9.17) is 11.0 Å². The Morgan fingerprint density at radius 1 is 1.33 bits per heavy atom. The molecular formula is C14H18FN3. The second-order valence-electron chi connectivity index (χ2n) is 4.82. The first kappa shape index (κ1) is 12.8. The number of hydrogen-bond acceptors (Lipinski definition) is 3. The lowest BCUT2D eigenvalue weighted by Gasteiger charge is -2.33. The normalized spacial score (nSPS) is 16.6. The SMILES string of the molecule is N#Cc1cc(F)cc(N2CCC(CCN)CC2)c1. The summed E-state index contributed by atoms with van der Waals surface area (Å²) in [6.45, 7) is 2.57. The fourth-order valence-electron chi connectivity index (χ4n) is 2.54. The minimum absolute atomic E-state index is 0.340. The van der Waals surface area contributed by atoms with Crippen LogP contribution in [0.25, 0.3) is 0 Å². The topological polar surface area (TPSA) is 53.0 Å². The first-order chi connectivity index (χ1) is 8.72. The molecule has 0 aliphatic carbocycles. The summed E-state index contributed by atoms with van der Waals surface area (Å²) < 4.78 is 13.4. The zero-order valence-electron chi connectivity index (χ0n) is 10.4. The molecule has 4 heteroatoms. The van der Waals surface area contributed by atoms with Gasteiger partial charge in [-0.05, 0) is 49.9 Å². The predicted octanol–water partition coefficient (Wildman–Crippen LogP) is 2.26. The van der Waals surface area contributed by atoms with E-state index in [1.165, 1.54) is 12.1 Å². The molecular weight excluding hydrogens is 229 g/mol. The van der Waals surface area contributed by atoms with Crippen molar-refractivity contribution in [2.45, 2.75) is 19.3 Å². The molecule has 1 aromatic rings. The van der Waals surface area contributed by atoms with E-state index < -0.39 is 0 Å². The predicted molar refractivity (Wildman–Crippen MR) is 69.7 cm³/mol. The third-order valence-corrected chi connectivity index (χ3v) is 3.57. The van der Waals surface area contributed by atoms with Gasteiger partial charge in [-0.15, -0.1) is 0 Å². The Bertz CT molecular complexity index is 445. The third-order valence-electron chi connectivity index (χ3n) is 3.57. The molecule has 1 aromatic carbocycles. The molecule has 2 rings (SSSR count). The van der Waals surface area contributed by atoms with Crippen molar-refractivity contribution >= 4 is 5.69 Å². The number of halogens is 1. The first-order valence-electron chi connectivity index (χ1n) is 6.38. The van der Waals surface area contributed by atoms with Gasteiger partial charge in [0, 0.05) is 18.8 Å². The number of hydrogen-bond donors (Lipinski definition) is 1. The molecule has 1 aliphatic heterocycles. The lowest BCUT2D eigenvalue weighted by atomic mass is 9.93. The molecule has 0 atom stereocenters. The molecule has 18 heavy (non-hydrogen) atoms. The standard InChI is InChI=1S/C14H18FN3/c15-13-7-12(10-17)8-14(9-13)18-5-2-11(1-4-16)3-6-18/h7-9,11H,1-6,16H2. The third kappa shape index (κ3) is 2.99. The molecule has 2 N–H and O–H groups in total. The molecule has 1 heterocycles. The summed E-state index contributed by atoms with van der Waals surface area (Å²) in [5, 5.41) is 8.85. The number of anilines is 1. The van der Waals surface area contributed by atoms with E-state index >= 15 is 0 Å². The Hall–Kier alpha value is -1.60. The number of piperidine rings is 1. The van der Waals surface area contributed by atoms with Crippen LogP contribution in [0.2, 0.25) is 0 Å². The lowest BCUT2D eigenvalue weighted by molar-refractivity contribution is 0.386. The highest BCUT2D eigenvalue weighted by atomic mass is 19.1. The maximum atomic E-state index is 13.4. The monoisotopic (exact) mass is 247 g/mol. The van der Waals surface area contributed by atoms with Crippen LogP contribution in [-0.2, 0) is 0 Å². The molecule has 0 bridgehead atoms. The van der Waals surface area contributed by atoms with E-state index in [0.29, 0.717) is 11.5 Å². The molecule has 0 aromatic heterocycles. The van der Waals surface area contributed by atoms with Crippen molar-refractivity contribution in [2.75, 3.05) is 24.5 Å². The molecule has 0 radical (unpaired) electrons. The van der Waals surface area contributed by atoms with E-state index in [1.807, 2.05) is 6.07 Å². The molecule has 1 saturated heterocycles. The van der Waals surface area contributed by atoms with E-state index in [-0.39, 0.29) is 5.82 Å². The fourth-order valence-corrected chi connectivity index (χ4v) is 2.54. The van der Waals surface area contributed by atoms with Crippen molar-refractivity contribution in [3.63, 3.8) is 0 Å². The van der Waals surface area contributed by atoms with Crippen molar-refractivity contribution in [2.24, 2.45) is 11.7 Å². The number of benzene rings is 1. The van der Waals surface area contributed by atoms with Crippen LogP contribution < -0.4 is 10.6 Å². The van der Waals surface area contributed by atoms with Crippen LogP contribution in [-0.4, -0.2) is 19.6 Å². The summed E-state index contributed by atoms with van der Waals surface area (Å²) >= 11 is 0. The molecule has 0 unspecified atom stereocenters. The highest BCUT2D eigenvalue weighted by Crippen LogP contribution is 2.26. The Labute approximate surface area is 107 Å². The average molecular weight is 247 g/mol. The number of nitriles is 1. The van der Waals surface area contributed by atoms with Gasteiger partial charge in [-0.25, -0.2) is 4.39 Å². The Balaban J connectivity index is 2.05. The van der Waals surface area contributed by atoms with Gasteiger partial charge in [0.2, 0.25) is 0 Å². The largest absolute Gasteiger partial charge is 0.371 e. The van der Waals surface area contributed by atoms with Crippen LogP contribution in [0.15, 0.2) is 18.2 Å². The summed E-state index contributed by atoms with van der Waals surface area (Å²) in [5.41, 5.74) is 6.76. The molecule has 96 valence electrons. The fraction of sp³-hybridized carbons (Fsp3) is 0.500. The van der Waals surface area contributed by atoms with Crippen molar-refractivity contribution in [1.29, 1.82) is 5.26 Å². The van der Waals surface area contributed by atoms with Gasteiger partial charge >= 0.3 is 0 Å². The van der Waals surface area contributed by atoms with Crippen LogP contribution >= 0.6 is 0 Å². The van der Waals surface area contributed by atoms with Gasteiger partial charge in [0.05, 0.1) is 11.6 Å². The molecule has 0 amide bonds. The highest BCUT2D eigenvalue weighted by molar-refractivity contribution is 5.52. The zero-order valence-corrected chi connectivity index (χ0v) is 10.4. The van der Waals surface area contributed by atoms with E-state index in [9.17, 15) is 4.39 Å². The summed E-state index contributed by atoms with van der Waals surface area (Å²) in [6, 6.07) is 6.52. The van der Waals surface area contributed by atoms with Gasteiger partial charge in [0.1, 0.15) is 5.82 Å². The minimum atomic E-state index is -0.340. The number of rotatable bonds is 3. The smallest absolute Gasteiger partial charge is 0.126 e. The Kier molecular flexibility index (Phi) is 4.16. The second-order valence-corrected chi connectivity index (χ2v) is 4.82. The molecule has 3 nitrogen and oxygen atoms in total. The van der Waals surface area contributed by atoms with E-state index in [1.54, 1.807) is 6.07 Å². The van der Waals surface area contributed by atoms with Crippen molar-refractivity contribution in [1.82, 2.24) is 0 Å². The van der Waals surface area contributed by atoms with Gasteiger partial charge in [0.15, 0.2) is 0 Å². The van der Waals surface area contributed by atoms with Gasteiger partial charge < -0.3 is 10.6 Å². The van der Waals surface area contributed by atoms with Gasteiger partial charge in [-0.1, -0.05) is 0 Å². The van der Waals surface area contributed by atoms with Crippen LogP contribution in [0, 0.1) is 23.1 Å². The number of nitrogens with zero attached hydrogens (tertiary/aromatic N) is 2.